The molecule has 6 nitrogen and oxygen atoms in total. The minimum absolute atomic E-state index is 0.0477. The molecule has 0 saturated heterocycles. The van der Waals surface area contributed by atoms with Crippen molar-refractivity contribution in [2.45, 2.75) is 19.8 Å². The first-order valence-electron chi connectivity index (χ1n) is 8.62. The Kier molecular flexibility index (Phi) is 7.43. The van der Waals surface area contributed by atoms with Gasteiger partial charge in [-0.05, 0) is 47.9 Å². The number of carboxylic acid groups (broad SMARTS) is 1. The van der Waals surface area contributed by atoms with Crippen LogP contribution in [0, 0.1) is 0 Å². The number of carboxylic acids is 1. The highest BCUT2D eigenvalue weighted by Crippen LogP contribution is 2.28. The van der Waals surface area contributed by atoms with Crippen LogP contribution in [0.15, 0.2) is 48.5 Å². The van der Waals surface area contributed by atoms with E-state index in [4.69, 9.17) is 14.6 Å². The van der Waals surface area contributed by atoms with Gasteiger partial charge >= 0.3 is 5.97 Å². The molecule has 0 atom stereocenters. The molecule has 27 heavy (non-hydrogen) atoms. The molecule has 0 saturated carbocycles. The Bertz CT molecular complexity index is 812. The first-order chi connectivity index (χ1) is 13.0. The van der Waals surface area contributed by atoms with Gasteiger partial charge in [-0.15, -0.1) is 0 Å². The monoisotopic (exact) mass is 369 g/mol. The highest BCUT2D eigenvalue weighted by atomic mass is 16.5. The number of hydrogen-bond donors (Lipinski definition) is 2. The standard InChI is InChI=1S/C21H23NO5/c1-3-12-27-18-10-6-15(13-19(18)26-2)7-11-20(23)22-17-8-4-16(5-9-17)14-21(24)25/h4-11,13H,3,12,14H2,1-2H3,(H,22,23)(H,24,25)/b11-7+. The van der Waals surface area contributed by atoms with Gasteiger partial charge in [-0.25, -0.2) is 0 Å². The van der Waals surface area contributed by atoms with Gasteiger partial charge in [-0.1, -0.05) is 25.1 Å². The zero-order chi connectivity index (χ0) is 19.6. The molecule has 0 aromatic heterocycles. The van der Waals surface area contributed by atoms with E-state index in [9.17, 15) is 9.59 Å². The molecule has 0 aliphatic carbocycles. The second-order valence-corrected chi connectivity index (χ2v) is 5.85. The van der Waals surface area contributed by atoms with Gasteiger partial charge in [-0.3, -0.25) is 9.59 Å². The van der Waals surface area contributed by atoms with Crippen molar-refractivity contribution in [3.8, 4) is 11.5 Å². The number of carbonyl (C=O) groups excluding carboxylic acids is 1. The summed E-state index contributed by atoms with van der Waals surface area (Å²) in [6.45, 7) is 2.64. The molecule has 2 aromatic rings. The molecule has 0 bridgehead atoms. The van der Waals surface area contributed by atoms with Gasteiger partial charge in [-0.2, -0.15) is 0 Å². The summed E-state index contributed by atoms with van der Waals surface area (Å²) in [5.74, 6) is 0.102. The van der Waals surface area contributed by atoms with Crippen LogP contribution in [0.1, 0.15) is 24.5 Å². The van der Waals surface area contributed by atoms with Crippen molar-refractivity contribution in [1.29, 1.82) is 0 Å². The van der Waals surface area contributed by atoms with E-state index in [0.717, 1.165) is 12.0 Å². The summed E-state index contributed by atoms with van der Waals surface area (Å²) in [7, 11) is 1.57. The maximum absolute atomic E-state index is 12.1. The van der Waals surface area contributed by atoms with E-state index in [1.807, 2.05) is 19.1 Å². The van der Waals surface area contributed by atoms with E-state index in [2.05, 4.69) is 5.32 Å². The van der Waals surface area contributed by atoms with Gasteiger partial charge in [0, 0.05) is 11.8 Å². The summed E-state index contributed by atoms with van der Waals surface area (Å²) in [5.41, 5.74) is 2.08. The number of carbonyl (C=O) groups is 2. The zero-order valence-corrected chi connectivity index (χ0v) is 15.4. The number of rotatable bonds is 9. The fraction of sp³-hybridized carbons (Fsp3) is 0.238. The molecule has 6 heteroatoms. The lowest BCUT2D eigenvalue weighted by Gasteiger charge is -2.10. The van der Waals surface area contributed by atoms with Gasteiger partial charge in [0.05, 0.1) is 20.1 Å². The quantitative estimate of drug-likeness (QED) is 0.658. The Morgan fingerprint density at radius 1 is 1.11 bits per heavy atom. The predicted molar refractivity (Wildman–Crippen MR) is 104 cm³/mol. The SMILES string of the molecule is CCCOc1ccc(/C=C/C(=O)Nc2ccc(CC(=O)O)cc2)cc1OC. The fourth-order valence-electron chi connectivity index (χ4n) is 2.36. The van der Waals surface area contributed by atoms with Crippen LogP contribution in [-0.2, 0) is 16.0 Å². The Labute approximate surface area is 158 Å². The number of amides is 1. The van der Waals surface area contributed by atoms with Crippen LogP contribution in [0.5, 0.6) is 11.5 Å². The summed E-state index contributed by atoms with van der Waals surface area (Å²) >= 11 is 0. The molecular weight excluding hydrogens is 346 g/mol. The molecule has 0 radical (unpaired) electrons. The van der Waals surface area contributed by atoms with Gasteiger partial charge in [0.25, 0.3) is 0 Å². The van der Waals surface area contributed by atoms with Crippen LogP contribution in [0.25, 0.3) is 6.08 Å². The first-order valence-corrected chi connectivity index (χ1v) is 8.62. The number of hydrogen-bond acceptors (Lipinski definition) is 4. The number of aliphatic carboxylic acids is 1. The third-order valence-corrected chi connectivity index (χ3v) is 3.65. The third kappa shape index (κ3) is 6.51. The van der Waals surface area contributed by atoms with Gasteiger partial charge in [0.15, 0.2) is 11.5 Å². The van der Waals surface area contributed by atoms with E-state index >= 15 is 0 Å². The van der Waals surface area contributed by atoms with Gasteiger partial charge in [0.1, 0.15) is 0 Å². The maximum atomic E-state index is 12.1. The zero-order valence-electron chi connectivity index (χ0n) is 15.4. The molecule has 0 aliphatic rings. The molecule has 2 aromatic carbocycles. The normalized spacial score (nSPS) is 10.6. The molecule has 1 amide bonds. The summed E-state index contributed by atoms with van der Waals surface area (Å²) < 4.78 is 10.9. The Hall–Kier alpha value is -3.28. The molecule has 0 fully saturated rings. The van der Waals surface area contributed by atoms with E-state index in [-0.39, 0.29) is 12.3 Å². The topological polar surface area (TPSA) is 84.9 Å². The summed E-state index contributed by atoms with van der Waals surface area (Å²) in [6, 6.07) is 12.2. The van der Waals surface area contributed by atoms with Crippen molar-refractivity contribution in [1.82, 2.24) is 0 Å². The van der Waals surface area contributed by atoms with Crippen molar-refractivity contribution in [3.63, 3.8) is 0 Å². The second-order valence-electron chi connectivity index (χ2n) is 5.85. The minimum atomic E-state index is -0.892. The smallest absolute Gasteiger partial charge is 0.307 e. The largest absolute Gasteiger partial charge is 0.493 e. The Balaban J connectivity index is 1.98. The Morgan fingerprint density at radius 3 is 2.48 bits per heavy atom. The summed E-state index contributed by atoms with van der Waals surface area (Å²) in [5, 5.41) is 11.5. The molecular formula is C21H23NO5. The lowest BCUT2D eigenvalue weighted by atomic mass is 10.1. The van der Waals surface area contributed by atoms with E-state index in [1.54, 1.807) is 43.5 Å². The fourth-order valence-corrected chi connectivity index (χ4v) is 2.36. The van der Waals surface area contributed by atoms with Gasteiger partial charge in [0.2, 0.25) is 5.91 Å². The van der Waals surface area contributed by atoms with Crippen molar-refractivity contribution >= 4 is 23.6 Å². The third-order valence-electron chi connectivity index (χ3n) is 3.65. The number of ether oxygens (including phenoxy) is 2. The lowest BCUT2D eigenvalue weighted by Crippen LogP contribution is -2.08. The minimum Gasteiger partial charge on any atom is -0.493 e. The highest BCUT2D eigenvalue weighted by Gasteiger charge is 2.05. The van der Waals surface area contributed by atoms with Crippen LogP contribution < -0.4 is 14.8 Å². The van der Waals surface area contributed by atoms with E-state index < -0.39 is 5.97 Å². The molecule has 2 N–H and O–H groups in total. The van der Waals surface area contributed by atoms with Crippen LogP contribution in [-0.4, -0.2) is 30.7 Å². The van der Waals surface area contributed by atoms with Crippen molar-refractivity contribution < 1.29 is 24.2 Å². The number of benzene rings is 2. The number of anilines is 1. The average molecular weight is 369 g/mol. The number of methoxy groups -OCH3 is 1. The molecule has 142 valence electrons. The van der Waals surface area contributed by atoms with Crippen molar-refractivity contribution in [3.05, 3.63) is 59.7 Å². The van der Waals surface area contributed by atoms with Crippen LogP contribution in [0.3, 0.4) is 0 Å². The van der Waals surface area contributed by atoms with Crippen LogP contribution in [0.4, 0.5) is 5.69 Å². The van der Waals surface area contributed by atoms with Gasteiger partial charge < -0.3 is 19.9 Å². The molecule has 0 heterocycles. The lowest BCUT2D eigenvalue weighted by molar-refractivity contribution is -0.136. The first kappa shape index (κ1) is 20.0. The van der Waals surface area contributed by atoms with Crippen LogP contribution in [0.2, 0.25) is 0 Å². The molecule has 2 rings (SSSR count). The molecule has 0 unspecified atom stereocenters. The highest BCUT2D eigenvalue weighted by molar-refractivity contribution is 6.02. The Morgan fingerprint density at radius 2 is 1.85 bits per heavy atom. The predicted octanol–water partition coefficient (Wildman–Crippen LogP) is 3.76. The summed E-state index contributed by atoms with van der Waals surface area (Å²) in [4.78, 5) is 22.7. The van der Waals surface area contributed by atoms with Crippen LogP contribution >= 0.6 is 0 Å². The van der Waals surface area contributed by atoms with Crippen molar-refractivity contribution in [2.75, 3.05) is 19.0 Å². The van der Waals surface area contributed by atoms with E-state index in [0.29, 0.717) is 29.4 Å². The maximum Gasteiger partial charge on any atom is 0.307 e. The van der Waals surface area contributed by atoms with Crippen molar-refractivity contribution in [2.24, 2.45) is 0 Å². The molecule has 0 spiro atoms. The summed E-state index contributed by atoms with van der Waals surface area (Å²) in [6.07, 6.45) is 3.96. The number of nitrogens with one attached hydrogen (secondary N) is 1. The molecule has 0 aliphatic heterocycles. The average Bonchev–Trinajstić information content (AvgIpc) is 2.66. The second kappa shape index (κ2) is 10.0. The van der Waals surface area contributed by atoms with E-state index in [1.165, 1.54) is 6.08 Å².